The summed E-state index contributed by atoms with van der Waals surface area (Å²) in [6, 6.07) is 8.60. The number of likely N-dealkylation sites (tertiary alicyclic amines) is 1. The normalized spacial score (nSPS) is 25.1. The minimum Gasteiger partial charge on any atom is -0.379 e. The molecule has 168 valence electrons. The molecule has 1 amide bonds. The number of morpholine rings is 1. The molecule has 1 aliphatic carbocycles. The lowest BCUT2D eigenvalue weighted by molar-refractivity contribution is -0.123. The van der Waals surface area contributed by atoms with Crippen LogP contribution in [0.2, 0.25) is 0 Å². The Bertz CT molecular complexity index is 856. The van der Waals surface area contributed by atoms with E-state index in [9.17, 15) is 4.79 Å². The second kappa shape index (κ2) is 9.53. The molecule has 3 aliphatic rings. The lowest BCUT2D eigenvalue weighted by Gasteiger charge is -2.48. The van der Waals surface area contributed by atoms with Gasteiger partial charge in [-0.25, -0.2) is 4.98 Å². The van der Waals surface area contributed by atoms with E-state index < -0.39 is 0 Å². The molecule has 0 radical (unpaired) electrons. The van der Waals surface area contributed by atoms with Gasteiger partial charge in [0.05, 0.1) is 36.0 Å². The molecule has 0 bridgehead atoms. The van der Waals surface area contributed by atoms with Gasteiger partial charge in [0, 0.05) is 25.2 Å². The van der Waals surface area contributed by atoms with Crippen LogP contribution in [0.4, 0.5) is 0 Å². The number of benzene rings is 1. The fourth-order valence-corrected chi connectivity index (χ4v) is 6.82. The largest absolute Gasteiger partial charge is 0.379 e. The second-order valence-electron chi connectivity index (χ2n) is 9.31. The molecule has 1 aromatic heterocycles. The fraction of sp³-hybridized carbons (Fsp3) is 0.667. The summed E-state index contributed by atoms with van der Waals surface area (Å²) in [6.07, 6.45) is 8.43. The number of aromatic nitrogens is 1. The predicted molar refractivity (Wildman–Crippen MR) is 124 cm³/mol. The smallest absolute Gasteiger partial charge is 0.234 e. The van der Waals surface area contributed by atoms with Gasteiger partial charge in [-0.2, -0.15) is 0 Å². The van der Waals surface area contributed by atoms with Crippen molar-refractivity contribution in [3.8, 4) is 0 Å². The zero-order chi connectivity index (χ0) is 21.1. The van der Waals surface area contributed by atoms with Crippen molar-refractivity contribution in [1.29, 1.82) is 0 Å². The maximum absolute atomic E-state index is 13.0. The maximum atomic E-state index is 13.0. The molecule has 7 heteroatoms. The van der Waals surface area contributed by atoms with Crippen LogP contribution < -0.4 is 5.32 Å². The van der Waals surface area contributed by atoms with Crippen LogP contribution in [0.1, 0.15) is 56.0 Å². The maximum Gasteiger partial charge on any atom is 0.234 e. The number of carbonyl (C=O) groups excluding carboxylic acids is 1. The third kappa shape index (κ3) is 4.65. The molecule has 2 saturated heterocycles. The number of fused-ring (bicyclic) bond motifs is 1. The molecule has 2 aromatic rings. The number of carbonyl (C=O) groups is 1. The first-order valence-corrected chi connectivity index (χ1v) is 12.7. The summed E-state index contributed by atoms with van der Waals surface area (Å²) in [6.45, 7) is 5.82. The monoisotopic (exact) mass is 442 g/mol. The van der Waals surface area contributed by atoms with Crippen molar-refractivity contribution in [3.05, 3.63) is 29.3 Å². The van der Waals surface area contributed by atoms with Crippen LogP contribution in [-0.2, 0) is 9.53 Å². The summed E-state index contributed by atoms with van der Waals surface area (Å²) < 4.78 is 6.82. The average Bonchev–Trinajstić information content (AvgIpc) is 3.45. The van der Waals surface area contributed by atoms with Gasteiger partial charge in [-0.1, -0.05) is 31.4 Å². The minimum absolute atomic E-state index is 0.120. The number of thiazole rings is 1. The Kier molecular flexibility index (Phi) is 6.55. The van der Waals surface area contributed by atoms with Crippen molar-refractivity contribution in [2.45, 2.75) is 56.5 Å². The van der Waals surface area contributed by atoms with E-state index in [2.05, 4.69) is 33.3 Å². The molecule has 5 rings (SSSR count). The Morgan fingerprint density at radius 3 is 2.74 bits per heavy atom. The van der Waals surface area contributed by atoms with Gasteiger partial charge in [0.1, 0.15) is 5.01 Å². The van der Waals surface area contributed by atoms with Crippen molar-refractivity contribution in [2.24, 2.45) is 0 Å². The Morgan fingerprint density at radius 2 is 1.94 bits per heavy atom. The van der Waals surface area contributed by atoms with Gasteiger partial charge in [-0.15, -0.1) is 11.3 Å². The molecule has 6 nitrogen and oxygen atoms in total. The van der Waals surface area contributed by atoms with E-state index >= 15 is 0 Å². The van der Waals surface area contributed by atoms with Crippen LogP contribution in [-0.4, -0.2) is 72.2 Å². The van der Waals surface area contributed by atoms with Gasteiger partial charge in [-0.3, -0.25) is 14.6 Å². The van der Waals surface area contributed by atoms with Gasteiger partial charge >= 0.3 is 0 Å². The third-order valence-corrected chi connectivity index (χ3v) is 8.52. The van der Waals surface area contributed by atoms with E-state index in [0.717, 1.165) is 62.8 Å². The third-order valence-electron chi connectivity index (χ3n) is 7.39. The van der Waals surface area contributed by atoms with Crippen LogP contribution in [0.3, 0.4) is 0 Å². The molecule has 1 saturated carbocycles. The highest BCUT2D eigenvalue weighted by atomic mass is 32.1. The van der Waals surface area contributed by atoms with E-state index in [0.29, 0.717) is 6.54 Å². The van der Waals surface area contributed by atoms with Crippen LogP contribution in [0.15, 0.2) is 24.3 Å². The molecule has 1 atom stereocenters. The Morgan fingerprint density at radius 1 is 1.13 bits per heavy atom. The highest BCUT2D eigenvalue weighted by molar-refractivity contribution is 7.18. The van der Waals surface area contributed by atoms with E-state index in [1.807, 2.05) is 6.07 Å². The summed E-state index contributed by atoms with van der Waals surface area (Å²) in [5, 5.41) is 4.49. The van der Waals surface area contributed by atoms with Crippen LogP contribution >= 0.6 is 11.3 Å². The number of ether oxygens (including phenoxy) is 1. The Balaban J connectivity index is 1.21. The highest BCUT2D eigenvalue weighted by Crippen LogP contribution is 2.36. The zero-order valence-electron chi connectivity index (χ0n) is 18.4. The molecule has 1 aromatic carbocycles. The molecule has 1 unspecified atom stereocenters. The van der Waals surface area contributed by atoms with Gasteiger partial charge in [0.2, 0.25) is 5.91 Å². The molecule has 2 aliphatic heterocycles. The van der Waals surface area contributed by atoms with Gasteiger partial charge < -0.3 is 10.1 Å². The van der Waals surface area contributed by atoms with Gasteiger partial charge in [0.25, 0.3) is 0 Å². The first-order valence-electron chi connectivity index (χ1n) is 11.9. The SMILES string of the molecule is O=C(CN1CCCC1c1nc2ccccc2s1)NCC1(N2CCOCC2)CCCCC1. The second-order valence-corrected chi connectivity index (χ2v) is 10.4. The Labute approximate surface area is 189 Å². The highest BCUT2D eigenvalue weighted by Gasteiger charge is 2.39. The quantitative estimate of drug-likeness (QED) is 0.741. The standard InChI is InChI=1S/C24H34N4O2S/c29-22(25-18-24(10-4-1-5-11-24)28-13-15-30-16-14-28)17-27-12-6-8-20(27)23-26-19-7-2-3-9-21(19)31-23/h2-3,7,9,20H,1,4-6,8,10-18H2,(H,25,29). The number of nitrogens with one attached hydrogen (secondary N) is 1. The summed E-state index contributed by atoms with van der Waals surface area (Å²) >= 11 is 1.78. The molecule has 31 heavy (non-hydrogen) atoms. The van der Waals surface area contributed by atoms with Crippen LogP contribution in [0.5, 0.6) is 0 Å². The summed E-state index contributed by atoms with van der Waals surface area (Å²) in [4.78, 5) is 22.8. The number of para-hydroxylation sites is 1. The molecular formula is C24H34N4O2S. The first-order chi connectivity index (χ1) is 15.2. The first kappa shape index (κ1) is 21.3. The zero-order valence-corrected chi connectivity index (χ0v) is 19.2. The Hall–Kier alpha value is -1.54. The van der Waals surface area contributed by atoms with Crippen molar-refractivity contribution in [1.82, 2.24) is 20.1 Å². The molecule has 3 heterocycles. The van der Waals surface area contributed by atoms with E-state index in [-0.39, 0.29) is 17.5 Å². The summed E-state index contributed by atoms with van der Waals surface area (Å²) in [5.74, 6) is 0.159. The predicted octanol–water partition coefficient (Wildman–Crippen LogP) is 3.58. The van der Waals surface area contributed by atoms with Crippen molar-refractivity contribution in [2.75, 3.05) is 45.9 Å². The lowest BCUT2D eigenvalue weighted by atomic mass is 9.79. The number of amides is 1. The molecule has 3 fully saturated rings. The van der Waals surface area contributed by atoms with Gasteiger partial charge in [0.15, 0.2) is 0 Å². The van der Waals surface area contributed by atoms with E-state index in [1.54, 1.807) is 11.3 Å². The topological polar surface area (TPSA) is 57.7 Å². The number of nitrogens with zero attached hydrogens (tertiary/aromatic N) is 3. The van der Waals surface area contributed by atoms with E-state index in [1.165, 1.54) is 36.8 Å². The number of hydrogen-bond donors (Lipinski definition) is 1. The molecular weight excluding hydrogens is 408 g/mol. The number of rotatable bonds is 6. The lowest BCUT2D eigenvalue weighted by Crippen LogP contribution is -2.60. The minimum atomic E-state index is 0.120. The van der Waals surface area contributed by atoms with Crippen molar-refractivity contribution in [3.63, 3.8) is 0 Å². The van der Waals surface area contributed by atoms with Crippen molar-refractivity contribution >= 4 is 27.5 Å². The summed E-state index contributed by atoms with van der Waals surface area (Å²) in [7, 11) is 0. The van der Waals surface area contributed by atoms with E-state index in [4.69, 9.17) is 9.72 Å². The van der Waals surface area contributed by atoms with Crippen LogP contribution in [0, 0.1) is 0 Å². The van der Waals surface area contributed by atoms with Gasteiger partial charge in [-0.05, 0) is 44.4 Å². The fourth-order valence-electron chi connectivity index (χ4n) is 5.68. The molecule has 1 N–H and O–H groups in total. The summed E-state index contributed by atoms with van der Waals surface area (Å²) in [5.41, 5.74) is 1.19. The molecule has 0 spiro atoms. The van der Waals surface area contributed by atoms with Crippen LogP contribution in [0.25, 0.3) is 10.2 Å². The number of hydrogen-bond acceptors (Lipinski definition) is 6. The van der Waals surface area contributed by atoms with Crippen molar-refractivity contribution < 1.29 is 9.53 Å². The average molecular weight is 443 g/mol.